The van der Waals surface area contributed by atoms with E-state index in [1.165, 1.54) is 0 Å². The lowest BCUT2D eigenvalue weighted by Gasteiger charge is -2.11. The fourth-order valence-corrected chi connectivity index (χ4v) is 1.39. The van der Waals surface area contributed by atoms with Crippen molar-refractivity contribution in [1.82, 2.24) is 5.32 Å². The van der Waals surface area contributed by atoms with Gasteiger partial charge < -0.3 is 15.4 Å². The van der Waals surface area contributed by atoms with Gasteiger partial charge in [0.2, 0.25) is 5.91 Å². The molecule has 1 aromatic rings. The maximum atomic E-state index is 11.6. The van der Waals surface area contributed by atoms with Crippen molar-refractivity contribution in [1.29, 1.82) is 0 Å². The average Bonchev–Trinajstić information content (AvgIpc) is 2.38. The van der Waals surface area contributed by atoms with Gasteiger partial charge in [0.15, 0.2) is 0 Å². The van der Waals surface area contributed by atoms with Crippen LogP contribution in [0.15, 0.2) is 36.9 Å². The largest absolute Gasteiger partial charge is 0.491 e. The number of amides is 1. The smallest absolute Gasteiger partial charge is 0.238 e. The number of hydrogen-bond acceptors (Lipinski definition) is 3. The molecule has 0 aliphatic carbocycles. The highest BCUT2D eigenvalue weighted by molar-refractivity contribution is 5.93. The molecular formula is C14H20N2O2. The minimum Gasteiger partial charge on any atom is -0.491 e. The Hall–Kier alpha value is -1.81. The molecule has 2 N–H and O–H groups in total. The van der Waals surface area contributed by atoms with Crippen LogP contribution in [0.4, 0.5) is 5.69 Å². The van der Waals surface area contributed by atoms with E-state index >= 15 is 0 Å². The van der Waals surface area contributed by atoms with Crippen LogP contribution in [-0.4, -0.2) is 25.6 Å². The van der Waals surface area contributed by atoms with Gasteiger partial charge in [-0.05, 0) is 18.6 Å². The summed E-state index contributed by atoms with van der Waals surface area (Å²) < 4.78 is 5.56. The molecule has 0 heterocycles. The Bertz CT molecular complexity index is 391. The SMILES string of the molecule is C=CCNCC(=O)Nc1ccccc1OCCC. The third-order valence-corrected chi connectivity index (χ3v) is 2.20. The fourth-order valence-electron chi connectivity index (χ4n) is 1.39. The second-order valence-corrected chi connectivity index (χ2v) is 3.81. The molecule has 1 rings (SSSR count). The molecular weight excluding hydrogens is 228 g/mol. The monoisotopic (exact) mass is 248 g/mol. The molecule has 1 aromatic carbocycles. The summed E-state index contributed by atoms with van der Waals surface area (Å²) >= 11 is 0. The standard InChI is InChI=1S/C14H20N2O2/c1-3-9-15-11-14(17)16-12-7-5-6-8-13(12)18-10-4-2/h3,5-8,15H,1,4,9-11H2,2H3,(H,16,17). The molecule has 0 radical (unpaired) electrons. The predicted octanol–water partition coefficient (Wildman–Crippen LogP) is 2.19. The lowest BCUT2D eigenvalue weighted by molar-refractivity contribution is -0.115. The average molecular weight is 248 g/mol. The minimum atomic E-state index is -0.0931. The Morgan fingerprint density at radius 3 is 2.94 bits per heavy atom. The Balaban J connectivity index is 2.54. The molecule has 0 fully saturated rings. The topological polar surface area (TPSA) is 50.4 Å². The third-order valence-electron chi connectivity index (χ3n) is 2.20. The van der Waals surface area contributed by atoms with Crippen LogP contribution in [0.25, 0.3) is 0 Å². The number of nitrogens with one attached hydrogen (secondary N) is 2. The summed E-state index contributed by atoms with van der Waals surface area (Å²) in [5.41, 5.74) is 0.705. The number of benzene rings is 1. The molecule has 0 saturated carbocycles. The second kappa shape index (κ2) is 8.31. The van der Waals surface area contributed by atoms with E-state index in [1.54, 1.807) is 6.08 Å². The van der Waals surface area contributed by atoms with Crippen LogP contribution in [0.5, 0.6) is 5.75 Å². The minimum absolute atomic E-state index is 0.0931. The molecule has 0 bridgehead atoms. The van der Waals surface area contributed by atoms with Gasteiger partial charge in [-0.1, -0.05) is 25.1 Å². The van der Waals surface area contributed by atoms with Crippen LogP contribution >= 0.6 is 0 Å². The molecule has 0 aliphatic heterocycles. The number of hydrogen-bond donors (Lipinski definition) is 2. The van der Waals surface area contributed by atoms with Gasteiger partial charge in [-0.15, -0.1) is 6.58 Å². The maximum Gasteiger partial charge on any atom is 0.238 e. The summed E-state index contributed by atoms with van der Waals surface area (Å²) in [5.74, 6) is 0.612. The predicted molar refractivity (Wildman–Crippen MR) is 73.9 cm³/mol. The van der Waals surface area contributed by atoms with E-state index in [-0.39, 0.29) is 12.5 Å². The number of rotatable bonds is 8. The van der Waals surface area contributed by atoms with E-state index in [9.17, 15) is 4.79 Å². The van der Waals surface area contributed by atoms with E-state index in [2.05, 4.69) is 17.2 Å². The Morgan fingerprint density at radius 2 is 2.22 bits per heavy atom. The number of carbonyl (C=O) groups excluding carboxylic acids is 1. The molecule has 0 saturated heterocycles. The van der Waals surface area contributed by atoms with Crippen LogP contribution < -0.4 is 15.4 Å². The van der Waals surface area contributed by atoms with Gasteiger partial charge in [0.1, 0.15) is 5.75 Å². The fraction of sp³-hybridized carbons (Fsp3) is 0.357. The molecule has 1 amide bonds. The number of carbonyl (C=O) groups is 1. The maximum absolute atomic E-state index is 11.6. The van der Waals surface area contributed by atoms with Crippen LogP contribution in [0.1, 0.15) is 13.3 Å². The zero-order chi connectivity index (χ0) is 13.2. The summed E-state index contributed by atoms with van der Waals surface area (Å²) in [6, 6.07) is 7.43. The number of ether oxygens (including phenoxy) is 1. The molecule has 0 aliphatic rings. The van der Waals surface area contributed by atoms with E-state index in [0.717, 1.165) is 6.42 Å². The van der Waals surface area contributed by atoms with Crippen molar-refractivity contribution in [3.05, 3.63) is 36.9 Å². The Labute approximate surface area is 108 Å². The quantitative estimate of drug-likeness (QED) is 0.547. The highest BCUT2D eigenvalue weighted by Gasteiger charge is 2.06. The van der Waals surface area contributed by atoms with Crippen molar-refractivity contribution in [2.45, 2.75) is 13.3 Å². The van der Waals surface area contributed by atoms with Gasteiger partial charge in [-0.2, -0.15) is 0 Å². The van der Waals surface area contributed by atoms with Gasteiger partial charge >= 0.3 is 0 Å². The lowest BCUT2D eigenvalue weighted by atomic mass is 10.3. The van der Waals surface area contributed by atoms with Gasteiger partial charge in [-0.3, -0.25) is 4.79 Å². The first-order chi connectivity index (χ1) is 8.77. The van der Waals surface area contributed by atoms with E-state index in [0.29, 0.717) is 24.6 Å². The summed E-state index contributed by atoms with van der Waals surface area (Å²) in [7, 11) is 0. The van der Waals surface area contributed by atoms with Crippen molar-refractivity contribution in [3.8, 4) is 5.75 Å². The zero-order valence-electron chi connectivity index (χ0n) is 10.7. The first-order valence-corrected chi connectivity index (χ1v) is 6.11. The molecule has 18 heavy (non-hydrogen) atoms. The summed E-state index contributed by atoms with van der Waals surface area (Å²) in [6.07, 6.45) is 2.65. The highest BCUT2D eigenvalue weighted by atomic mass is 16.5. The summed E-state index contributed by atoms with van der Waals surface area (Å²) in [6.45, 7) is 7.13. The van der Waals surface area contributed by atoms with Crippen molar-refractivity contribution in [2.24, 2.45) is 0 Å². The van der Waals surface area contributed by atoms with Gasteiger partial charge in [0, 0.05) is 6.54 Å². The second-order valence-electron chi connectivity index (χ2n) is 3.81. The molecule has 0 spiro atoms. The van der Waals surface area contributed by atoms with Crippen LogP contribution in [0.3, 0.4) is 0 Å². The van der Waals surface area contributed by atoms with Crippen molar-refractivity contribution < 1.29 is 9.53 Å². The molecule has 4 nitrogen and oxygen atoms in total. The lowest BCUT2D eigenvalue weighted by Crippen LogP contribution is -2.28. The first kappa shape index (κ1) is 14.3. The normalized spacial score (nSPS) is 9.83. The summed E-state index contributed by atoms with van der Waals surface area (Å²) in [5, 5.41) is 5.76. The van der Waals surface area contributed by atoms with Gasteiger partial charge in [-0.25, -0.2) is 0 Å². The van der Waals surface area contributed by atoms with E-state index in [1.807, 2.05) is 31.2 Å². The molecule has 0 atom stereocenters. The van der Waals surface area contributed by atoms with Crippen LogP contribution in [-0.2, 0) is 4.79 Å². The molecule has 0 unspecified atom stereocenters. The van der Waals surface area contributed by atoms with E-state index < -0.39 is 0 Å². The van der Waals surface area contributed by atoms with Gasteiger partial charge in [0.25, 0.3) is 0 Å². The molecule has 4 heteroatoms. The van der Waals surface area contributed by atoms with Crippen molar-refractivity contribution >= 4 is 11.6 Å². The zero-order valence-corrected chi connectivity index (χ0v) is 10.7. The number of para-hydroxylation sites is 2. The molecule has 98 valence electrons. The first-order valence-electron chi connectivity index (χ1n) is 6.11. The highest BCUT2D eigenvalue weighted by Crippen LogP contribution is 2.23. The summed E-state index contributed by atoms with van der Waals surface area (Å²) in [4.78, 5) is 11.6. The van der Waals surface area contributed by atoms with E-state index in [4.69, 9.17) is 4.74 Å². The van der Waals surface area contributed by atoms with Crippen LogP contribution in [0, 0.1) is 0 Å². The van der Waals surface area contributed by atoms with Gasteiger partial charge in [0.05, 0.1) is 18.8 Å². The molecule has 0 aromatic heterocycles. The van der Waals surface area contributed by atoms with Crippen molar-refractivity contribution in [2.75, 3.05) is 25.0 Å². The Kier molecular flexibility index (Phi) is 6.58. The number of anilines is 1. The third kappa shape index (κ3) is 5.01. The van der Waals surface area contributed by atoms with Crippen LogP contribution in [0.2, 0.25) is 0 Å². The Morgan fingerprint density at radius 1 is 1.44 bits per heavy atom. The van der Waals surface area contributed by atoms with Crippen molar-refractivity contribution in [3.63, 3.8) is 0 Å².